The van der Waals surface area contributed by atoms with Crippen molar-refractivity contribution in [3.8, 4) is 0 Å². The molecule has 9 nitrogen and oxygen atoms in total. The minimum absolute atomic E-state index is 0. The van der Waals surface area contributed by atoms with Crippen LogP contribution in [0.4, 0.5) is 0 Å². The molecule has 0 atom stereocenters. The number of hydrogen-bond donors (Lipinski definition) is 1. The zero-order valence-corrected chi connectivity index (χ0v) is 15.9. The second-order valence-corrected chi connectivity index (χ2v) is 7.34. The molecule has 0 aliphatic carbocycles. The average molecular weight is 416 g/mol. The quantitative estimate of drug-likeness (QED) is 0.167. The normalized spacial score (nSPS) is 11.0. The molecule has 0 heterocycles. The molecule has 0 bridgehead atoms. The van der Waals surface area contributed by atoms with Crippen molar-refractivity contribution < 1.29 is 41.6 Å². The fourth-order valence-electron chi connectivity index (χ4n) is 1.55. The molecule has 0 unspecified atom stereocenters. The Hall–Kier alpha value is -1.20. The summed E-state index contributed by atoms with van der Waals surface area (Å²) in [6.45, 7) is 9.70. The molecule has 0 aromatic heterocycles. The molecule has 0 aromatic rings. The van der Waals surface area contributed by atoms with Gasteiger partial charge >= 0.3 is 47.5 Å². The molecule has 0 amide bonds. The summed E-state index contributed by atoms with van der Waals surface area (Å²) in [6.07, 6.45) is 0.0602. The first-order chi connectivity index (χ1) is 11.8. The van der Waals surface area contributed by atoms with Crippen LogP contribution in [0.1, 0.15) is 27.2 Å². The predicted molar refractivity (Wildman–Crippen MR) is 98.8 cm³/mol. The van der Waals surface area contributed by atoms with Gasteiger partial charge in [-0.3, -0.25) is 9.35 Å². The van der Waals surface area contributed by atoms with Gasteiger partial charge in [-0.2, -0.15) is 8.42 Å². The van der Waals surface area contributed by atoms with Gasteiger partial charge in [0, 0.05) is 11.1 Å². The van der Waals surface area contributed by atoms with Crippen LogP contribution in [0, 0.1) is 5.41 Å². The summed E-state index contributed by atoms with van der Waals surface area (Å²) in [7, 11) is -4.32. The Bertz CT molecular complexity index is 652. The van der Waals surface area contributed by atoms with Gasteiger partial charge in [0.25, 0.3) is 10.1 Å². The molecule has 0 saturated carbocycles. The van der Waals surface area contributed by atoms with E-state index in [9.17, 15) is 22.8 Å². The second-order valence-electron chi connectivity index (χ2n) is 5.77. The summed E-state index contributed by atoms with van der Waals surface area (Å²) < 4.78 is 45.0. The first-order valence-corrected chi connectivity index (χ1v) is 9.23. The molecule has 0 fully saturated rings. The van der Waals surface area contributed by atoms with Crippen LogP contribution in [0.2, 0.25) is 0 Å². The number of esters is 3. The molecule has 0 spiro atoms. The molecular weight excluding hydrogens is 391 g/mol. The zero-order chi connectivity index (χ0) is 20.5. The van der Waals surface area contributed by atoms with Crippen molar-refractivity contribution in [3.63, 3.8) is 0 Å². The van der Waals surface area contributed by atoms with E-state index in [1.807, 2.05) is 0 Å². The van der Waals surface area contributed by atoms with E-state index in [1.165, 1.54) is 13.8 Å². The monoisotopic (exact) mass is 416 g/mol. The van der Waals surface area contributed by atoms with Gasteiger partial charge in [-0.1, -0.05) is 20.1 Å². The van der Waals surface area contributed by atoms with Crippen LogP contribution in [0.25, 0.3) is 0 Å². The molecule has 27 heavy (non-hydrogen) atoms. The molecule has 0 radical (unpaired) electrons. The molecule has 150 valence electrons. The number of ether oxygens (including phenoxy) is 3. The Morgan fingerprint density at radius 2 is 1.37 bits per heavy atom. The van der Waals surface area contributed by atoms with Gasteiger partial charge in [-0.05, 0) is 20.3 Å². The van der Waals surface area contributed by atoms with Crippen LogP contribution in [-0.4, -0.2) is 86.0 Å². The van der Waals surface area contributed by atoms with E-state index in [4.69, 9.17) is 18.8 Å². The number of hydrogen-bond acceptors (Lipinski definition) is 8. The fraction of sp³-hybridized carbons (Fsp3) is 0.562. The van der Waals surface area contributed by atoms with E-state index in [0.717, 1.165) is 0 Å². The molecule has 0 aliphatic rings. The molecule has 0 saturated heterocycles. The van der Waals surface area contributed by atoms with Gasteiger partial charge in [-0.25, -0.2) is 9.59 Å². The van der Waals surface area contributed by atoms with Crippen LogP contribution in [0.15, 0.2) is 24.3 Å². The molecular formula is C16H25NaO9S. The van der Waals surface area contributed by atoms with Crippen LogP contribution in [0.3, 0.4) is 0 Å². The van der Waals surface area contributed by atoms with Gasteiger partial charge < -0.3 is 14.2 Å². The van der Waals surface area contributed by atoms with Gasteiger partial charge in [0.05, 0.1) is 0 Å². The standard InChI is InChI=1S/C16H24O9S.Na.H/c1-6-16(9-24-13(17)11(2)3,10-25-14(18)12(4)5)15(19)23-7-8-26(20,21)22;;/h2,4,6-10H2,1,3,5H3,(H,20,21,22);;. The van der Waals surface area contributed by atoms with Crippen molar-refractivity contribution in [2.45, 2.75) is 27.2 Å². The third kappa shape index (κ3) is 10.6. The van der Waals surface area contributed by atoms with E-state index in [1.54, 1.807) is 6.92 Å². The average Bonchev–Trinajstić information content (AvgIpc) is 2.53. The van der Waals surface area contributed by atoms with Crippen LogP contribution in [-0.2, 0) is 38.7 Å². The number of rotatable bonds is 11. The summed E-state index contributed by atoms with van der Waals surface area (Å²) in [5, 5.41) is 0. The van der Waals surface area contributed by atoms with Crippen LogP contribution in [0.5, 0.6) is 0 Å². The molecule has 0 aromatic carbocycles. The summed E-state index contributed by atoms with van der Waals surface area (Å²) in [5.74, 6) is -3.23. The summed E-state index contributed by atoms with van der Waals surface area (Å²) >= 11 is 0. The van der Waals surface area contributed by atoms with Crippen LogP contribution >= 0.6 is 0 Å². The second kappa shape index (κ2) is 12.3. The van der Waals surface area contributed by atoms with Crippen molar-refractivity contribution in [2.24, 2.45) is 5.41 Å². The molecule has 0 rings (SSSR count). The molecule has 0 aliphatic heterocycles. The van der Waals surface area contributed by atoms with E-state index in [0.29, 0.717) is 0 Å². The Balaban J connectivity index is 0. The molecule has 11 heteroatoms. The van der Waals surface area contributed by atoms with E-state index in [-0.39, 0.29) is 47.1 Å². The predicted octanol–water partition coefficient (Wildman–Crippen LogP) is 0.404. The van der Waals surface area contributed by atoms with Gasteiger partial charge in [0.1, 0.15) is 31.0 Å². The van der Waals surface area contributed by atoms with Crippen molar-refractivity contribution in [2.75, 3.05) is 25.6 Å². The van der Waals surface area contributed by atoms with E-state index < -0.39 is 59.0 Å². The Morgan fingerprint density at radius 1 is 0.963 bits per heavy atom. The number of carbonyl (C=O) groups is 3. The topological polar surface area (TPSA) is 133 Å². The van der Waals surface area contributed by atoms with Crippen molar-refractivity contribution in [1.29, 1.82) is 0 Å². The van der Waals surface area contributed by atoms with Crippen molar-refractivity contribution >= 4 is 57.6 Å². The zero-order valence-electron chi connectivity index (χ0n) is 15.1. The summed E-state index contributed by atoms with van der Waals surface area (Å²) in [5.41, 5.74) is -1.34. The summed E-state index contributed by atoms with van der Waals surface area (Å²) in [4.78, 5) is 35.6. The maximum absolute atomic E-state index is 12.4. The van der Waals surface area contributed by atoms with Crippen molar-refractivity contribution in [1.82, 2.24) is 0 Å². The summed E-state index contributed by atoms with van der Waals surface area (Å²) in [6, 6.07) is 0. The fourth-order valence-corrected chi connectivity index (χ4v) is 1.85. The number of carbonyl (C=O) groups excluding carboxylic acids is 3. The Labute approximate surface area is 181 Å². The van der Waals surface area contributed by atoms with Gasteiger partial charge in [0.15, 0.2) is 0 Å². The maximum atomic E-state index is 12.4. The van der Waals surface area contributed by atoms with E-state index >= 15 is 0 Å². The van der Waals surface area contributed by atoms with Crippen molar-refractivity contribution in [3.05, 3.63) is 24.3 Å². The van der Waals surface area contributed by atoms with E-state index in [2.05, 4.69) is 13.2 Å². The third-order valence-electron chi connectivity index (χ3n) is 3.34. The Kier molecular flexibility index (Phi) is 12.8. The third-order valence-corrected chi connectivity index (χ3v) is 4.02. The first-order valence-electron chi connectivity index (χ1n) is 7.62. The van der Waals surface area contributed by atoms with Gasteiger partial charge in [0.2, 0.25) is 0 Å². The first kappa shape index (κ1) is 28.0. The Morgan fingerprint density at radius 3 is 1.67 bits per heavy atom. The minimum atomic E-state index is -4.32. The molecule has 1 N–H and O–H groups in total. The SMILES string of the molecule is C=C(C)C(=O)OCC(CC)(COC(=O)C(=C)C)C(=O)OCCS(=O)(=O)O.[NaH]. The van der Waals surface area contributed by atoms with Crippen LogP contribution < -0.4 is 0 Å². The van der Waals surface area contributed by atoms with Gasteiger partial charge in [-0.15, -0.1) is 0 Å².